The smallest absolute Gasteiger partial charge is 0.407 e. The summed E-state index contributed by atoms with van der Waals surface area (Å²) in [4.78, 5) is 22.2. The quantitative estimate of drug-likeness (QED) is 0.292. The summed E-state index contributed by atoms with van der Waals surface area (Å²) in [6.45, 7) is 6.36. The van der Waals surface area contributed by atoms with Crippen LogP contribution in [0.3, 0.4) is 0 Å². The number of alkyl carbamates (subject to hydrolysis) is 1. The van der Waals surface area contributed by atoms with E-state index in [1.165, 1.54) is 16.2 Å². The van der Waals surface area contributed by atoms with E-state index in [-0.39, 0.29) is 18.5 Å². The Balaban J connectivity index is 0.00000392. The van der Waals surface area contributed by atoms with Crippen LogP contribution in [0, 0.1) is 0 Å². The molecule has 28 heavy (non-hydrogen) atoms. The highest BCUT2D eigenvalue weighted by Gasteiger charge is 2.09. The molecule has 0 aliphatic rings. The molecule has 2 aromatic rings. The van der Waals surface area contributed by atoms with Gasteiger partial charge in [0.2, 0.25) is 0 Å². The number of hydrogen-bond acceptors (Lipinski definition) is 7. The molecule has 0 aliphatic carbocycles. The highest BCUT2D eigenvalue weighted by Crippen LogP contribution is 2.30. The summed E-state index contributed by atoms with van der Waals surface area (Å²) in [5.74, 6) is 0.326. The second-order valence-electron chi connectivity index (χ2n) is 5.29. The van der Waals surface area contributed by atoms with Crippen LogP contribution in [0.2, 0.25) is 0 Å². The van der Waals surface area contributed by atoms with Gasteiger partial charge >= 0.3 is 6.09 Å². The van der Waals surface area contributed by atoms with Crippen LogP contribution in [-0.2, 0) is 15.9 Å². The summed E-state index contributed by atoms with van der Waals surface area (Å²) in [7, 11) is 0. The molecule has 0 fully saturated rings. The van der Waals surface area contributed by atoms with Gasteiger partial charge in [0.15, 0.2) is 11.1 Å². The molecule has 0 bridgehead atoms. The number of carbonyl (C=O) groups is 1. The Kier molecular flexibility index (Phi) is 11.5. The van der Waals surface area contributed by atoms with Crippen molar-refractivity contribution in [3.63, 3.8) is 0 Å². The Morgan fingerprint density at radius 3 is 2.89 bits per heavy atom. The first kappa shape index (κ1) is 24.2. The largest absolute Gasteiger partial charge is 0.450 e. The van der Waals surface area contributed by atoms with Gasteiger partial charge in [-0.1, -0.05) is 0 Å². The summed E-state index contributed by atoms with van der Waals surface area (Å²) in [5.41, 5.74) is 6.74. The summed E-state index contributed by atoms with van der Waals surface area (Å²) >= 11 is 3.12. The zero-order valence-corrected chi connectivity index (χ0v) is 18.3. The molecule has 0 unspecified atom stereocenters. The molecule has 0 saturated carbocycles. The second-order valence-corrected chi connectivity index (χ2v) is 7.32. The fraction of sp³-hybridized carbons (Fsp3) is 0.471. The minimum absolute atomic E-state index is 0. The lowest BCUT2D eigenvalue weighted by Gasteiger charge is -2.03. The van der Waals surface area contributed by atoms with Gasteiger partial charge in [0.1, 0.15) is 0 Å². The first-order valence-corrected chi connectivity index (χ1v) is 10.4. The number of thiazole rings is 1. The predicted molar refractivity (Wildman–Crippen MR) is 118 cm³/mol. The van der Waals surface area contributed by atoms with Crippen LogP contribution in [0.5, 0.6) is 0 Å². The zero-order chi connectivity index (χ0) is 19.5. The highest BCUT2D eigenvalue weighted by atomic mass is 35.5. The Labute approximate surface area is 179 Å². The standard InChI is InChI=1S/C17H25N5O3S2.ClH/c1-3-24-10-9-19-15(18)22-16-21-13(11-26-16)14-6-5-12(27-14)7-8-20-17(23)25-4-2;/h5-6,11H,3-4,7-10H2,1-2H3,(H,20,23)(H3,18,19,21,22);1H. The number of anilines is 1. The van der Waals surface area contributed by atoms with Crippen LogP contribution < -0.4 is 16.4 Å². The van der Waals surface area contributed by atoms with Gasteiger partial charge in [0.05, 0.1) is 30.3 Å². The fourth-order valence-electron chi connectivity index (χ4n) is 2.09. The van der Waals surface area contributed by atoms with Crippen LogP contribution in [0.1, 0.15) is 18.7 Å². The van der Waals surface area contributed by atoms with Gasteiger partial charge in [-0.2, -0.15) is 0 Å². The van der Waals surface area contributed by atoms with Crippen molar-refractivity contribution in [2.24, 2.45) is 10.7 Å². The van der Waals surface area contributed by atoms with Crippen molar-refractivity contribution in [3.8, 4) is 10.6 Å². The van der Waals surface area contributed by atoms with Gasteiger partial charge < -0.3 is 25.8 Å². The molecule has 2 heterocycles. The molecule has 2 rings (SSSR count). The number of nitrogens with zero attached hydrogens (tertiary/aromatic N) is 2. The molecule has 0 spiro atoms. The summed E-state index contributed by atoms with van der Waals surface area (Å²) in [6.07, 6.45) is 0.364. The number of rotatable bonds is 10. The van der Waals surface area contributed by atoms with E-state index in [1.807, 2.05) is 24.4 Å². The Hall–Kier alpha value is -1.88. The van der Waals surface area contributed by atoms with E-state index in [1.54, 1.807) is 18.3 Å². The number of aromatic nitrogens is 1. The third-order valence-corrected chi connectivity index (χ3v) is 5.22. The molecule has 0 aliphatic heterocycles. The minimum Gasteiger partial charge on any atom is -0.450 e. The van der Waals surface area contributed by atoms with Gasteiger partial charge in [0, 0.05) is 23.4 Å². The number of nitrogens with one attached hydrogen (secondary N) is 2. The number of thiophene rings is 1. The third kappa shape index (κ3) is 8.42. The molecule has 4 N–H and O–H groups in total. The third-order valence-electron chi connectivity index (χ3n) is 3.29. The minimum atomic E-state index is -0.384. The van der Waals surface area contributed by atoms with Gasteiger partial charge in [-0.3, -0.25) is 4.99 Å². The number of halogens is 1. The maximum atomic E-state index is 11.3. The highest BCUT2D eigenvalue weighted by molar-refractivity contribution is 7.17. The second kappa shape index (κ2) is 13.3. The molecule has 8 nitrogen and oxygen atoms in total. The van der Waals surface area contributed by atoms with Gasteiger partial charge in [-0.15, -0.1) is 35.1 Å². The van der Waals surface area contributed by atoms with Crippen molar-refractivity contribution in [3.05, 3.63) is 22.4 Å². The van der Waals surface area contributed by atoms with Crippen LogP contribution in [-0.4, -0.2) is 49.9 Å². The summed E-state index contributed by atoms with van der Waals surface area (Å²) in [6, 6.07) is 4.07. The van der Waals surface area contributed by atoms with Crippen LogP contribution >= 0.6 is 35.1 Å². The average molecular weight is 448 g/mol. The first-order chi connectivity index (χ1) is 13.1. The number of carbonyl (C=O) groups excluding carboxylic acids is 1. The van der Waals surface area contributed by atoms with E-state index in [0.29, 0.717) is 44.0 Å². The van der Waals surface area contributed by atoms with Crippen LogP contribution in [0.4, 0.5) is 9.93 Å². The van der Waals surface area contributed by atoms with E-state index < -0.39 is 0 Å². The van der Waals surface area contributed by atoms with Crippen molar-refractivity contribution in [1.29, 1.82) is 0 Å². The molecule has 0 aromatic carbocycles. The number of ether oxygens (including phenoxy) is 2. The Morgan fingerprint density at radius 1 is 1.32 bits per heavy atom. The van der Waals surface area contributed by atoms with Crippen molar-refractivity contribution < 1.29 is 14.3 Å². The van der Waals surface area contributed by atoms with Crippen molar-refractivity contribution in [2.45, 2.75) is 20.3 Å². The number of aliphatic imine (C=N–C) groups is 1. The van der Waals surface area contributed by atoms with Crippen molar-refractivity contribution in [1.82, 2.24) is 10.3 Å². The number of hydrogen-bond donors (Lipinski definition) is 3. The Morgan fingerprint density at radius 2 is 2.14 bits per heavy atom. The van der Waals surface area contributed by atoms with E-state index in [2.05, 4.69) is 20.6 Å². The van der Waals surface area contributed by atoms with E-state index in [4.69, 9.17) is 15.2 Å². The molecule has 156 valence electrons. The SMILES string of the molecule is CCOCCN=C(N)Nc1nc(-c2ccc(CCNC(=O)OCC)s2)cs1.Cl. The maximum Gasteiger partial charge on any atom is 0.407 e. The summed E-state index contributed by atoms with van der Waals surface area (Å²) < 4.78 is 10.1. The first-order valence-electron chi connectivity index (χ1n) is 8.72. The monoisotopic (exact) mass is 447 g/mol. The molecule has 2 aromatic heterocycles. The molecular formula is C17H26ClN5O3S2. The number of guanidine groups is 1. The lowest BCUT2D eigenvalue weighted by Crippen LogP contribution is -2.26. The molecule has 0 atom stereocenters. The lowest BCUT2D eigenvalue weighted by molar-refractivity contribution is 0.152. The van der Waals surface area contributed by atoms with Gasteiger partial charge in [-0.05, 0) is 32.4 Å². The van der Waals surface area contributed by atoms with Crippen LogP contribution in [0.25, 0.3) is 10.6 Å². The maximum absolute atomic E-state index is 11.3. The van der Waals surface area contributed by atoms with E-state index in [9.17, 15) is 4.79 Å². The summed E-state index contributed by atoms with van der Waals surface area (Å²) in [5, 5.41) is 8.39. The van der Waals surface area contributed by atoms with Gasteiger partial charge in [0.25, 0.3) is 0 Å². The normalized spacial score (nSPS) is 11.0. The number of amides is 1. The van der Waals surface area contributed by atoms with E-state index >= 15 is 0 Å². The van der Waals surface area contributed by atoms with E-state index in [0.717, 1.165) is 17.0 Å². The fourth-order valence-corrected chi connectivity index (χ4v) is 3.85. The van der Waals surface area contributed by atoms with Gasteiger partial charge in [-0.25, -0.2) is 9.78 Å². The molecule has 0 saturated heterocycles. The zero-order valence-electron chi connectivity index (χ0n) is 15.9. The molecule has 1 amide bonds. The lowest BCUT2D eigenvalue weighted by atomic mass is 10.3. The van der Waals surface area contributed by atoms with Crippen LogP contribution in [0.15, 0.2) is 22.5 Å². The number of nitrogens with two attached hydrogens (primary N) is 1. The molecule has 0 radical (unpaired) electrons. The van der Waals surface area contributed by atoms with Crippen molar-refractivity contribution >= 4 is 52.3 Å². The Bertz CT molecular complexity index is 751. The topological polar surface area (TPSA) is 111 Å². The molecular weight excluding hydrogens is 422 g/mol. The average Bonchev–Trinajstić information content (AvgIpc) is 3.28. The van der Waals surface area contributed by atoms with Crippen molar-refractivity contribution in [2.75, 3.05) is 38.2 Å². The molecule has 11 heteroatoms. The predicted octanol–water partition coefficient (Wildman–Crippen LogP) is 3.35.